The smallest absolute Gasteiger partial charge is 0.164 e. The van der Waals surface area contributed by atoms with E-state index in [1.54, 1.807) is 21.3 Å². The molecule has 1 saturated carbocycles. The van der Waals surface area contributed by atoms with Gasteiger partial charge in [0, 0.05) is 29.8 Å². The number of aliphatic imine (C=N–C) groups is 1. The Morgan fingerprint density at radius 2 is 1.48 bits per heavy atom. The minimum absolute atomic E-state index is 0. The molecule has 1 fully saturated rings. The first-order valence-electron chi connectivity index (χ1n) is 9.08. The molecule has 0 amide bonds. The number of hydrogen-bond donors (Lipinski definition) is 0. The van der Waals surface area contributed by atoms with E-state index in [0.717, 1.165) is 17.9 Å². The largest absolute Gasteiger partial charge is 1.00 e. The van der Waals surface area contributed by atoms with Crippen LogP contribution in [0.1, 0.15) is 36.8 Å². The van der Waals surface area contributed by atoms with Crippen molar-refractivity contribution in [2.75, 3.05) is 27.9 Å². The summed E-state index contributed by atoms with van der Waals surface area (Å²) in [5, 5.41) is 0. The molecule has 2 aromatic carbocycles. The number of benzene rings is 2. The molecule has 27 heavy (non-hydrogen) atoms. The second-order valence-corrected chi connectivity index (χ2v) is 6.77. The molecule has 5 heteroatoms. The van der Waals surface area contributed by atoms with Crippen LogP contribution in [0, 0.1) is 0 Å². The van der Waals surface area contributed by atoms with Gasteiger partial charge in [-0.3, -0.25) is 4.99 Å². The maximum Gasteiger partial charge on any atom is 0.164 e. The summed E-state index contributed by atoms with van der Waals surface area (Å²) in [6.45, 7) is 0.786. The average Bonchev–Trinajstić information content (AvgIpc) is 3.18. The van der Waals surface area contributed by atoms with Gasteiger partial charge in [-0.15, -0.1) is 0 Å². The van der Waals surface area contributed by atoms with Crippen LogP contribution in [0.5, 0.6) is 17.2 Å². The fourth-order valence-corrected chi connectivity index (χ4v) is 3.85. The lowest BCUT2D eigenvalue weighted by atomic mass is 9.79. The summed E-state index contributed by atoms with van der Waals surface area (Å²) in [4.78, 5) is 4.81. The Bertz CT molecular complexity index is 756. The van der Waals surface area contributed by atoms with Crippen molar-refractivity contribution in [2.45, 2.75) is 31.1 Å². The maximum absolute atomic E-state index is 5.49. The van der Waals surface area contributed by atoms with Gasteiger partial charge in [0.2, 0.25) is 0 Å². The summed E-state index contributed by atoms with van der Waals surface area (Å²) < 4.78 is 16.2. The topological polar surface area (TPSA) is 40.0 Å². The van der Waals surface area contributed by atoms with Crippen molar-refractivity contribution in [3.63, 3.8) is 0 Å². The highest BCUT2D eigenvalue weighted by Crippen LogP contribution is 2.41. The lowest BCUT2D eigenvalue weighted by molar-refractivity contribution is -0.00000619. The van der Waals surface area contributed by atoms with E-state index in [2.05, 4.69) is 30.3 Å². The van der Waals surface area contributed by atoms with Gasteiger partial charge in [-0.05, 0) is 24.5 Å². The van der Waals surface area contributed by atoms with E-state index in [4.69, 9.17) is 19.2 Å². The monoisotopic (exact) mass is 388 g/mol. The molecule has 3 rings (SSSR count). The molecule has 0 spiro atoms. The molecule has 0 aromatic heterocycles. The van der Waals surface area contributed by atoms with Crippen LogP contribution < -0.4 is 26.6 Å². The fourth-order valence-electron chi connectivity index (χ4n) is 3.85. The van der Waals surface area contributed by atoms with Crippen LogP contribution in [-0.4, -0.2) is 34.1 Å². The normalized spacial score (nSPS) is 15.4. The molecule has 0 bridgehead atoms. The number of methoxy groups -OCH3 is 3. The molecule has 0 aliphatic heterocycles. The van der Waals surface area contributed by atoms with Crippen LogP contribution in [-0.2, 0) is 5.41 Å². The number of ether oxygens (including phenoxy) is 3. The van der Waals surface area contributed by atoms with Crippen LogP contribution in [0.2, 0.25) is 0 Å². The van der Waals surface area contributed by atoms with Crippen molar-refractivity contribution in [3.05, 3.63) is 53.6 Å². The number of rotatable bonds is 7. The van der Waals surface area contributed by atoms with E-state index in [0.29, 0.717) is 11.5 Å². The molecule has 2 aromatic rings. The minimum Gasteiger partial charge on any atom is -1.00 e. The van der Waals surface area contributed by atoms with Gasteiger partial charge in [0.25, 0.3) is 0 Å². The molecule has 0 unspecified atom stereocenters. The molecule has 0 heterocycles. The summed E-state index contributed by atoms with van der Waals surface area (Å²) in [7, 11) is 4.91. The van der Waals surface area contributed by atoms with Crippen molar-refractivity contribution in [2.24, 2.45) is 4.99 Å². The Kier molecular flexibility index (Phi) is 7.55. The Hall–Kier alpha value is -2.20. The van der Waals surface area contributed by atoms with E-state index in [1.165, 1.54) is 31.2 Å². The van der Waals surface area contributed by atoms with Gasteiger partial charge < -0.3 is 26.6 Å². The number of hydrogen-bond acceptors (Lipinski definition) is 4. The summed E-state index contributed by atoms with van der Waals surface area (Å²) in [6, 6.07) is 14.5. The minimum atomic E-state index is 0. The highest BCUT2D eigenvalue weighted by molar-refractivity contribution is 5.85. The first-order chi connectivity index (χ1) is 12.7. The predicted octanol–water partition coefficient (Wildman–Crippen LogP) is 1.65. The third-order valence-electron chi connectivity index (χ3n) is 5.31. The summed E-state index contributed by atoms with van der Waals surface area (Å²) in [5.41, 5.74) is 2.45. The summed E-state index contributed by atoms with van der Waals surface area (Å²) >= 11 is 0. The zero-order valence-electron chi connectivity index (χ0n) is 16.2. The van der Waals surface area contributed by atoms with E-state index >= 15 is 0 Å². The Labute approximate surface area is 168 Å². The molecule has 0 saturated heterocycles. The zero-order chi connectivity index (χ0) is 18.4. The number of nitrogens with zero attached hydrogens (tertiary/aromatic N) is 1. The SMILES string of the molecule is COc1cc(OC)c(OC)cc1C=NCC1(c2ccccc2)CCCC1.[Cl-]. The Morgan fingerprint density at radius 3 is 2.07 bits per heavy atom. The molecule has 4 nitrogen and oxygen atoms in total. The van der Waals surface area contributed by atoms with Crippen molar-refractivity contribution in [3.8, 4) is 17.2 Å². The van der Waals surface area contributed by atoms with Gasteiger partial charge in [0.15, 0.2) is 11.5 Å². The third-order valence-corrected chi connectivity index (χ3v) is 5.31. The van der Waals surface area contributed by atoms with E-state index in [1.807, 2.05) is 18.3 Å². The lowest BCUT2D eigenvalue weighted by Crippen LogP contribution is -3.00. The van der Waals surface area contributed by atoms with Crippen LogP contribution in [0.3, 0.4) is 0 Å². The molecular formula is C22H27ClNO3-. The van der Waals surface area contributed by atoms with Gasteiger partial charge in [0.05, 0.1) is 21.3 Å². The van der Waals surface area contributed by atoms with Gasteiger partial charge in [-0.2, -0.15) is 0 Å². The van der Waals surface area contributed by atoms with Crippen molar-refractivity contribution in [1.82, 2.24) is 0 Å². The molecule has 0 atom stereocenters. The lowest BCUT2D eigenvalue weighted by Gasteiger charge is -2.27. The second kappa shape index (κ2) is 9.65. The first-order valence-corrected chi connectivity index (χ1v) is 9.08. The third kappa shape index (κ3) is 4.56. The highest BCUT2D eigenvalue weighted by Gasteiger charge is 2.35. The predicted molar refractivity (Wildman–Crippen MR) is 105 cm³/mol. The Balaban J connectivity index is 0.00000261. The molecular weight excluding hydrogens is 362 g/mol. The van der Waals surface area contributed by atoms with Crippen LogP contribution >= 0.6 is 0 Å². The van der Waals surface area contributed by atoms with Crippen molar-refractivity contribution in [1.29, 1.82) is 0 Å². The van der Waals surface area contributed by atoms with E-state index in [-0.39, 0.29) is 17.8 Å². The van der Waals surface area contributed by atoms with Gasteiger partial charge in [0.1, 0.15) is 5.75 Å². The van der Waals surface area contributed by atoms with Gasteiger partial charge >= 0.3 is 0 Å². The molecule has 146 valence electrons. The first kappa shape index (κ1) is 21.1. The van der Waals surface area contributed by atoms with E-state index in [9.17, 15) is 0 Å². The van der Waals surface area contributed by atoms with Gasteiger partial charge in [-0.25, -0.2) is 0 Å². The quantitative estimate of drug-likeness (QED) is 0.677. The van der Waals surface area contributed by atoms with Crippen LogP contribution in [0.4, 0.5) is 0 Å². The Morgan fingerprint density at radius 1 is 0.889 bits per heavy atom. The average molecular weight is 389 g/mol. The van der Waals surface area contributed by atoms with Crippen molar-refractivity contribution < 1.29 is 26.6 Å². The molecule has 0 radical (unpaired) electrons. The maximum atomic E-state index is 5.49. The molecule has 0 N–H and O–H groups in total. The zero-order valence-corrected chi connectivity index (χ0v) is 17.0. The summed E-state index contributed by atoms with van der Waals surface area (Å²) in [5.74, 6) is 2.05. The van der Waals surface area contributed by atoms with Crippen LogP contribution in [0.15, 0.2) is 47.5 Å². The molecule has 1 aliphatic rings. The second-order valence-electron chi connectivity index (χ2n) is 6.77. The summed E-state index contributed by atoms with van der Waals surface area (Å²) in [6.07, 6.45) is 6.81. The van der Waals surface area contributed by atoms with E-state index < -0.39 is 0 Å². The fraction of sp³-hybridized carbons (Fsp3) is 0.409. The highest BCUT2D eigenvalue weighted by atomic mass is 35.5. The number of halogens is 1. The standard InChI is InChI=1S/C22H27NO3.ClH/c1-24-19-14-21(26-3)20(25-2)13-17(19)15-23-16-22(11-7-8-12-22)18-9-5-4-6-10-18;/h4-6,9-10,13-15H,7-8,11-12,16H2,1-3H3;1H/p-1. The van der Waals surface area contributed by atoms with Crippen LogP contribution in [0.25, 0.3) is 0 Å². The van der Waals surface area contributed by atoms with Crippen molar-refractivity contribution >= 4 is 6.21 Å². The van der Waals surface area contributed by atoms with Gasteiger partial charge in [-0.1, -0.05) is 43.2 Å². The molecule has 1 aliphatic carbocycles.